The summed E-state index contributed by atoms with van der Waals surface area (Å²) in [6.45, 7) is 11.8. The van der Waals surface area contributed by atoms with Crippen LogP contribution in [-0.4, -0.2) is 39.1 Å². The zero-order valence-electron chi connectivity index (χ0n) is 9.86. The van der Waals surface area contributed by atoms with Gasteiger partial charge < -0.3 is 4.74 Å². The first-order chi connectivity index (χ1) is 6.96. The fourth-order valence-corrected chi connectivity index (χ4v) is 2.95. The van der Waals surface area contributed by atoms with Crippen molar-refractivity contribution in [1.29, 1.82) is 0 Å². The Labute approximate surface area is 95.1 Å². The fourth-order valence-electron chi connectivity index (χ4n) is 1.59. The topological polar surface area (TPSA) is 29.5 Å². The van der Waals surface area contributed by atoms with E-state index in [1.807, 2.05) is 31.2 Å². The molecule has 0 N–H and O–H groups in total. The van der Waals surface area contributed by atoms with Crippen molar-refractivity contribution < 1.29 is 8.95 Å². The van der Waals surface area contributed by atoms with Crippen molar-refractivity contribution in [3.05, 3.63) is 12.7 Å². The summed E-state index contributed by atoms with van der Waals surface area (Å²) in [7, 11) is -0.950. The summed E-state index contributed by atoms with van der Waals surface area (Å²) in [6, 6.07) is 0.219. The van der Waals surface area contributed by atoms with E-state index in [0.29, 0.717) is 13.2 Å². The molecule has 1 heterocycles. The minimum absolute atomic E-state index is 0.198. The van der Waals surface area contributed by atoms with Crippen LogP contribution in [0.15, 0.2) is 12.7 Å². The van der Waals surface area contributed by atoms with Crippen LogP contribution in [0.25, 0.3) is 0 Å². The first-order valence-electron chi connectivity index (χ1n) is 5.34. The Morgan fingerprint density at radius 2 is 2.27 bits per heavy atom. The lowest BCUT2D eigenvalue weighted by Crippen LogP contribution is -2.50. The molecule has 2 atom stereocenters. The van der Waals surface area contributed by atoms with E-state index in [1.165, 1.54) is 0 Å². The van der Waals surface area contributed by atoms with Crippen molar-refractivity contribution in [2.75, 3.05) is 19.8 Å². The molecule has 0 aromatic heterocycles. The van der Waals surface area contributed by atoms with Crippen molar-refractivity contribution in [3.63, 3.8) is 0 Å². The van der Waals surface area contributed by atoms with Crippen LogP contribution in [0.3, 0.4) is 0 Å². The monoisotopic (exact) mass is 231 g/mol. The Morgan fingerprint density at radius 1 is 1.60 bits per heavy atom. The Kier molecular flexibility index (Phi) is 4.49. The third kappa shape index (κ3) is 3.40. The molecular formula is C11H21NO2S. The van der Waals surface area contributed by atoms with Crippen LogP contribution in [-0.2, 0) is 15.7 Å². The van der Waals surface area contributed by atoms with Crippen LogP contribution in [0.4, 0.5) is 0 Å². The zero-order chi connectivity index (χ0) is 11.5. The van der Waals surface area contributed by atoms with E-state index in [-0.39, 0.29) is 10.8 Å². The fraction of sp³-hybridized carbons (Fsp3) is 0.818. The average molecular weight is 231 g/mol. The third-order valence-electron chi connectivity index (χ3n) is 2.35. The molecule has 0 spiro atoms. The van der Waals surface area contributed by atoms with Crippen molar-refractivity contribution in [3.8, 4) is 0 Å². The summed E-state index contributed by atoms with van der Waals surface area (Å²) in [5, 5.41) is 0. The van der Waals surface area contributed by atoms with E-state index in [4.69, 9.17) is 4.74 Å². The first kappa shape index (κ1) is 12.9. The van der Waals surface area contributed by atoms with Crippen LogP contribution in [0, 0.1) is 0 Å². The second-order valence-electron chi connectivity index (χ2n) is 4.76. The molecule has 0 radical (unpaired) electrons. The Hall–Kier alpha value is -0.190. The number of hydrogen-bond donors (Lipinski definition) is 0. The maximum Gasteiger partial charge on any atom is 0.100 e. The number of hydrogen-bond acceptors (Lipinski definition) is 2. The van der Waals surface area contributed by atoms with Gasteiger partial charge in [0.2, 0.25) is 0 Å². The van der Waals surface area contributed by atoms with Gasteiger partial charge in [0, 0.05) is 12.6 Å². The lowest BCUT2D eigenvalue weighted by Gasteiger charge is -2.37. The SMILES string of the molecule is C=CC[C@@H]1COCCN1[S@](=O)C(C)(C)C. The van der Waals surface area contributed by atoms with Crippen LogP contribution in [0.2, 0.25) is 0 Å². The van der Waals surface area contributed by atoms with E-state index in [2.05, 4.69) is 6.58 Å². The van der Waals surface area contributed by atoms with E-state index in [9.17, 15) is 4.21 Å². The van der Waals surface area contributed by atoms with E-state index < -0.39 is 11.0 Å². The predicted octanol–water partition coefficient (Wildman–Crippen LogP) is 1.73. The smallest absolute Gasteiger partial charge is 0.100 e. The van der Waals surface area contributed by atoms with E-state index >= 15 is 0 Å². The van der Waals surface area contributed by atoms with Gasteiger partial charge in [-0.2, -0.15) is 0 Å². The highest BCUT2D eigenvalue weighted by atomic mass is 32.2. The van der Waals surface area contributed by atoms with Crippen molar-refractivity contribution in [2.24, 2.45) is 0 Å². The molecule has 1 rings (SSSR count). The zero-order valence-corrected chi connectivity index (χ0v) is 10.7. The minimum Gasteiger partial charge on any atom is -0.378 e. The van der Waals surface area contributed by atoms with Crippen molar-refractivity contribution in [2.45, 2.75) is 38.0 Å². The molecule has 15 heavy (non-hydrogen) atoms. The van der Waals surface area contributed by atoms with Crippen LogP contribution in [0.5, 0.6) is 0 Å². The lowest BCUT2D eigenvalue weighted by atomic mass is 10.2. The molecule has 3 nitrogen and oxygen atoms in total. The predicted molar refractivity (Wildman–Crippen MR) is 64.0 cm³/mol. The second-order valence-corrected chi connectivity index (χ2v) is 6.95. The summed E-state index contributed by atoms with van der Waals surface area (Å²) in [5.74, 6) is 0. The Morgan fingerprint density at radius 3 is 2.80 bits per heavy atom. The summed E-state index contributed by atoms with van der Waals surface area (Å²) in [4.78, 5) is 0. The van der Waals surface area contributed by atoms with Crippen LogP contribution in [0.1, 0.15) is 27.2 Å². The molecule has 0 bridgehead atoms. The van der Waals surface area contributed by atoms with Crippen molar-refractivity contribution in [1.82, 2.24) is 4.31 Å². The van der Waals surface area contributed by atoms with Gasteiger partial charge in [0.1, 0.15) is 11.0 Å². The second kappa shape index (κ2) is 5.23. The van der Waals surface area contributed by atoms with E-state index in [1.54, 1.807) is 0 Å². The van der Waals surface area contributed by atoms with Crippen LogP contribution < -0.4 is 0 Å². The molecule has 0 aliphatic carbocycles. The highest BCUT2D eigenvalue weighted by molar-refractivity contribution is 7.84. The number of nitrogens with zero attached hydrogens (tertiary/aromatic N) is 1. The highest BCUT2D eigenvalue weighted by Gasteiger charge is 2.32. The summed E-state index contributed by atoms with van der Waals surface area (Å²) in [6.07, 6.45) is 2.70. The number of ether oxygens (including phenoxy) is 1. The molecule has 1 fully saturated rings. The molecule has 0 aromatic carbocycles. The van der Waals surface area contributed by atoms with Crippen LogP contribution >= 0.6 is 0 Å². The molecule has 0 unspecified atom stereocenters. The average Bonchev–Trinajstić information content (AvgIpc) is 2.17. The van der Waals surface area contributed by atoms with Gasteiger partial charge in [-0.3, -0.25) is 0 Å². The van der Waals surface area contributed by atoms with Gasteiger partial charge in [-0.25, -0.2) is 8.51 Å². The van der Waals surface area contributed by atoms with Gasteiger partial charge in [-0.05, 0) is 27.2 Å². The standard InChI is InChI=1S/C11H21NO2S/c1-5-6-10-9-14-8-7-12(10)15(13)11(2,3)4/h5,10H,1,6-9H2,2-4H3/t10-,15-/m1/s1. The van der Waals surface area contributed by atoms with E-state index in [0.717, 1.165) is 13.0 Å². The van der Waals surface area contributed by atoms with Gasteiger partial charge in [-0.15, -0.1) is 6.58 Å². The maximum atomic E-state index is 12.3. The molecule has 0 saturated carbocycles. The molecule has 1 saturated heterocycles. The number of rotatable bonds is 3. The van der Waals surface area contributed by atoms with Crippen molar-refractivity contribution >= 4 is 11.0 Å². The quantitative estimate of drug-likeness (QED) is 0.692. The third-order valence-corrected chi connectivity index (χ3v) is 4.30. The maximum absolute atomic E-state index is 12.3. The van der Waals surface area contributed by atoms with Gasteiger partial charge in [0.05, 0.1) is 18.0 Å². The molecule has 1 aliphatic rings. The minimum atomic E-state index is -0.950. The Bertz CT molecular complexity index is 247. The van der Waals surface area contributed by atoms with Gasteiger partial charge in [0.25, 0.3) is 0 Å². The van der Waals surface area contributed by atoms with Gasteiger partial charge >= 0.3 is 0 Å². The summed E-state index contributed by atoms with van der Waals surface area (Å²) < 4.78 is 19.5. The molecule has 1 aliphatic heterocycles. The molecular weight excluding hydrogens is 210 g/mol. The Balaban J connectivity index is 2.71. The van der Waals surface area contributed by atoms with Gasteiger partial charge in [-0.1, -0.05) is 6.08 Å². The summed E-state index contributed by atoms with van der Waals surface area (Å²) in [5.41, 5.74) is 0. The molecule has 0 amide bonds. The normalized spacial score (nSPS) is 26.2. The summed E-state index contributed by atoms with van der Waals surface area (Å²) >= 11 is 0. The lowest BCUT2D eigenvalue weighted by molar-refractivity contribution is 0.0354. The number of morpholine rings is 1. The van der Waals surface area contributed by atoms with Gasteiger partial charge in [0.15, 0.2) is 0 Å². The molecule has 0 aromatic rings. The molecule has 88 valence electrons. The molecule has 4 heteroatoms. The highest BCUT2D eigenvalue weighted by Crippen LogP contribution is 2.21. The largest absolute Gasteiger partial charge is 0.378 e. The first-order valence-corrected chi connectivity index (χ1v) is 6.44.